The number of nitrogens with one attached hydrogen (secondary N) is 2. The van der Waals surface area contributed by atoms with Crippen molar-refractivity contribution in [2.75, 3.05) is 38.2 Å². The Labute approximate surface area is 150 Å². The van der Waals surface area contributed by atoms with E-state index < -0.39 is 0 Å². The van der Waals surface area contributed by atoms with E-state index in [1.165, 1.54) is 6.07 Å². The molecule has 7 heteroatoms. The van der Waals surface area contributed by atoms with Crippen molar-refractivity contribution < 1.29 is 13.9 Å². The number of aromatic amines is 1. The van der Waals surface area contributed by atoms with Crippen molar-refractivity contribution in [3.8, 4) is 11.4 Å². The van der Waals surface area contributed by atoms with Crippen LogP contribution >= 0.6 is 0 Å². The summed E-state index contributed by atoms with van der Waals surface area (Å²) in [5.74, 6) is 0.0663. The van der Waals surface area contributed by atoms with E-state index in [0.29, 0.717) is 42.4 Å². The van der Waals surface area contributed by atoms with E-state index in [1.807, 2.05) is 12.1 Å². The Hall–Kier alpha value is -2.77. The number of nitrogens with zero attached hydrogens (tertiary/aromatic N) is 2. The predicted octanol–water partition coefficient (Wildman–Crippen LogP) is 2.64. The number of hydrogen-bond donors (Lipinski definition) is 2. The lowest BCUT2D eigenvalue weighted by molar-refractivity contribution is -0.118. The number of H-pyrrole nitrogens is 1. The summed E-state index contributed by atoms with van der Waals surface area (Å²) < 4.78 is 19.2. The van der Waals surface area contributed by atoms with Crippen molar-refractivity contribution in [3.05, 3.63) is 48.3 Å². The molecule has 1 fully saturated rings. The molecule has 0 radical (unpaired) electrons. The highest BCUT2D eigenvalue weighted by molar-refractivity contribution is 5.94. The van der Waals surface area contributed by atoms with Crippen molar-refractivity contribution in [3.63, 3.8) is 0 Å². The molecule has 0 atom stereocenters. The molecular formula is C19H19FN4O2. The van der Waals surface area contributed by atoms with E-state index in [1.54, 1.807) is 24.3 Å². The van der Waals surface area contributed by atoms with Gasteiger partial charge in [0.15, 0.2) is 0 Å². The van der Waals surface area contributed by atoms with Crippen LogP contribution in [0.4, 0.5) is 10.1 Å². The van der Waals surface area contributed by atoms with Crippen molar-refractivity contribution >= 4 is 22.6 Å². The van der Waals surface area contributed by atoms with E-state index in [0.717, 1.165) is 18.6 Å². The highest BCUT2D eigenvalue weighted by Gasteiger charge is 2.15. The molecule has 1 aliphatic heterocycles. The van der Waals surface area contributed by atoms with Gasteiger partial charge in [0.05, 0.1) is 36.4 Å². The van der Waals surface area contributed by atoms with Crippen LogP contribution in [0.1, 0.15) is 0 Å². The van der Waals surface area contributed by atoms with Crippen LogP contribution < -0.4 is 5.32 Å². The van der Waals surface area contributed by atoms with Crippen molar-refractivity contribution in [2.45, 2.75) is 0 Å². The topological polar surface area (TPSA) is 70.2 Å². The third-order valence-electron chi connectivity index (χ3n) is 4.37. The number of anilines is 1. The summed E-state index contributed by atoms with van der Waals surface area (Å²) in [4.78, 5) is 21.8. The van der Waals surface area contributed by atoms with Crippen LogP contribution in [0.5, 0.6) is 0 Å². The SMILES string of the molecule is O=C(CN1CCOCC1)Nc1ccc2[nH]c(-c3ccccc3F)nc2c1. The van der Waals surface area contributed by atoms with Crippen LogP contribution in [-0.2, 0) is 9.53 Å². The fourth-order valence-electron chi connectivity index (χ4n) is 3.03. The zero-order valence-corrected chi connectivity index (χ0v) is 14.2. The number of carbonyl (C=O) groups is 1. The van der Waals surface area contributed by atoms with E-state index >= 15 is 0 Å². The first kappa shape index (κ1) is 16.7. The number of rotatable bonds is 4. The monoisotopic (exact) mass is 354 g/mol. The molecule has 2 aromatic carbocycles. The number of imidazole rings is 1. The van der Waals surface area contributed by atoms with Gasteiger partial charge in [0.2, 0.25) is 5.91 Å². The maximum atomic E-state index is 13.9. The second kappa shape index (κ2) is 7.23. The number of fused-ring (bicyclic) bond motifs is 1. The lowest BCUT2D eigenvalue weighted by atomic mass is 10.2. The molecule has 4 rings (SSSR count). The van der Waals surface area contributed by atoms with Gasteiger partial charge in [0, 0.05) is 18.8 Å². The van der Waals surface area contributed by atoms with E-state index in [4.69, 9.17) is 4.74 Å². The van der Waals surface area contributed by atoms with Gasteiger partial charge in [-0.1, -0.05) is 12.1 Å². The molecule has 2 heterocycles. The molecule has 0 spiro atoms. The molecule has 26 heavy (non-hydrogen) atoms. The lowest BCUT2D eigenvalue weighted by Crippen LogP contribution is -2.41. The number of halogens is 1. The van der Waals surface area contributed by atoms with Gasteiger partial charge in [0.25, 0.3) is 0 Å². The number of morpholine rings is 1. The molecule has 134 valence electrons. The summed E-state index contributed by atoms with van der Waals surface area (Å²) in [7, 11) is 0. The average molecular weight is 354 g/mol. The normalized spacial score (nSPS) is 15.3. The van der Waals surface area contributed by atoms with Gasteiger partial charge in [-0.15, -0.1) is 0 Å². The van der Waals surface area contributed by atoms with E-state index in [2.05, 4.69) is 20.2 Å². The molecule has 2 N–H and O–H groups in total. The minimum absolute atomic E-state index is 0.0730. The summed E-state index contributed by atoms with van der Waals surface area (Å²) in [6.45, 7) is 3.18. The number of hydrogen-bond acceptors (Lipinski definition) is 4. The van der Waals surface area contributed by atoms with Crippen LogP contribution in [0.2, 0.25) is 0 Å². The number of ether oxygens (including phenoxy) is 1. The highest BCUT2D eigenvalue weighted by atomic mass is 19.1. The molecule has 3 aromatic rings. The van der Waals surface area contributed by atoms with Gasteiger partial charge in [-0.25, -0.2) is 9.37 Å². The first-order chi connectivity index (χ1) is 12.7. The molecule has 1 amide bonds. The van der Waals surface area contributed by atoms with Crippen LogP contribution in [0.3, 0.4) is 0 Å². The van der Waals surface area contributed by atoms with E-state index in [9.17, 15) is 9.18 Å². The van der Waals surface area contributed by atoms with Crippen LogP contribution in [0, 0.1) is 5.82 Å². The van der Waals surface area contributed by atoms with Gasteiger partial charge in [0.1, 0.15) is 11.6 Å². The molecule has 1 aliphatic rings. The Morgan fingerprint density at radius 1 is 1.23 bits per heavy atom. The molecule has 1 aromatic heterocycles. The lowest BCUT2D eigenvalue weighted by Gasteiger charge is -2.25. The largest absolute Gasteiger partial charge is 0.379 e. The van der Waals surface area contributed by atoms with Crippen LogP contribution in [-0.4, -0.2) is 53.6 Å². The number of aromatic nitrogens is 2. The van der Waals surface area contributed by atoms with Gasteiger partial charge in [-0.05, 0) is 30.3 Å². The Balaban J connectivity index is 1.50. The second-order valence-electron chi connectivity index (χ2n) is 6.23. The molecular weight excluding hydrogens is 335 g/mol. The molecule has 0 bridgehead atoms. The Morgan fingerprint density at radius 3 is 2.85 bits per heavy atom. The second-order valence-corrected chi connectivity index (χ2v) is 6.23. The number of benzene rings is 2. The molecule has 0 unspecified atom stereocenters. The molecule has 0 saturated carbocycles. The molecule has 0 aliphatic carbocycles. The first-order valence-electron chi connectivity index (χ1n) is 8.54. The van der Waals surface area contributed by atoms with Crippen LogP contribution in [0.25, 0.3) is 22.4 Å². The molecule has 1 saturated heterocycles. The number of carbonyl (C=O) groups excluding carboxylic acids is 1. The fraction of sp³-hybridized carbons (Fsp3) is 0.263. The summed E-state index contributed by atoms with van der Waals surface area (Å²) in [5.41, 5.74) is 2.55. The van der Waals surface area contributed by atoms with Crippen molar-refractivity contribution in [1.29, 1.82) is 0 Å². The van der Waals surface area contributed by atoms with Gasteiger partial charge >= 0.3 is 0 Å². The average Bonchev–Trinajstić information content (AvgIpc) is 3.06. The smallest absolute Gasteiger partial charge is 0.238 e. The van der Waals surface area contributed by atoms with Gasteiger partial charge in [-0.3, -0.25) is 9.69 Å². The maximum Gasteiger partial charge on any atom is 0.238 e. The van der Waals surface area contributed by atoms with Gasteiger partial charge < -0.3 is 15.0 Å². The Kier molecular flexibility index (Phi) is 4.64. The van der Waals surface area contributed by atoms with Crippen LogP contribution in [0.15, 0.2) is 42.5 Å². The minimum Gasteiger partial charge on any atom is -0.379 e. The summed E-state index contributed by atoms with van der Waals surface area (Å²) in [5, 5.41) is 2.89. The summed E-state index contributed by atoms with van der Waals surface area (Å²) in [6, 6.07) is 11.9. The maximum absolute atomic E-state index is 13.9. The molecule has 6 nitrogen and oxygen atoms in total. The summed E-state index contributed by atoms with van der Waals surface area (Å²) >= 11 is 0. The standard InChI is InChI=1S/C19H19FN4O2/c20-15-4-2-1-3-14(15)19-22-16-6-5-13(11-17(16)23-19)21-18(25)12-24-7-9-26-10-8-24/h1-6,11H,7-10,12H2,(H,21,25)(H,22,23). The third-order valence-corrected chi connectivity index (χ3v) is 4.37. The Morgan fingerprint density at radius 2 is 2.04 bits per heavy atom. The number of amides is 1. The van der Waals surface area contributed by atoms with Crippen molar-refractivity contribution in [1.82, 2.24) is 14.9 Å². The van der Waals surface area contributed by atoms with Crippen molar-refractivity contribution in [2.24, 2.45) is 0 Å². The quantitative estimate of drug-likeness (QED) is 0.756. The summed E-state index contributed by atoms with van der Waals surface area (Å²) in [6.07, 6.45) is 0. The van der Waals surface area contributed by atoms with E-state index in [-0.39, 0.29) is 11.7 Å². The fourth-order valence-corrected chi connectivity index (χ4v) is 3.03. The first-order valence-corrected chi connectivity index (χ1v) is 8.54. The third kappa shape index (κ3) is 3.58. The zero-order valence-electron chi connectivity index (χ0n) is 14.2. The highest BCUT2D eigenvalue weighted by Crippen LogP contribution is 2.24. The Bertz CT molecular complexity index is 934. The predicted molar refractivity (Wildman–Crippen MR) is 97.4 cm³/mol. The van der Waals surface area contributed by atoms with Gasteiger partial charge in [-0.2, -0.15) is 0 Å². The minimum atomic E-state index is -0.328. The zero-order chi connectivity index (χ0) is 17.9.